The van der Waals surface area contributed by atoms with Gasteiger partial charge in [0.1, 0.15) is 5.72 Å². The first-order valence-electron chi connectivity index (χ1n) is 12.4. The Morgan fingerprint density at radius 2 is 1.65 bits per heavy atom. The molecule has 2 atom stereocenters. The zero-order valence-electron chi connectivity index (χ0n) is 19.8. The van der Waals surface area contributed by atoms with Crippen LogP contribution in [0.25, 0.3) is 0 Å². The molecule has 0 amide bonds. The molecule has 2 aromatic rings. The van der Waals surface area contributed by atoms with Gasteiger partial charge in [0, 0.05) is 12.6 Å². The summed E-state index contributed by atoms with van der Waals surface area (Å²) in [4.78, 5) is 14.5. The lowest BCUT2D eigenvalue weighted by atomic mass is 9.63. The average Bonchev–Trinajstić information content (AvgIpc) is 3.33. The highest BCUT2D eigenvalue weighted by Gasteiger charge is 2.58. The standard InChI is InChI=1S/C27H35N3O3.ClH/c1-2-27(29-28-24(33-27)25(31)32)26(21-9-5-3-6-10-21,22-11-7-4-8-12-22)17-18-30-19-20-13-15-23(30)16-14-20;/h3-12,20,23-24,28-29H,2,13-19H2,1H3,(H,31,32);1H. The van der Waals surface area contributed by atoms with Gasteiger partial charge >= 0.3 is 5.97 Å². The molecule has 4 aliphatic rings. The monoisotopic (exact) mass is 485 g/mol. The van der Waals surface area contributed by atoms with Gasteiger partial charge in [0.15, 0.2) is 0 Å². The Kier molecular flexibility index (Phi) is 7.65. The Morgan fingerprint density at radius 3 is 2.09 bits per heavy atom. The maximum absolute atomic E-state index is 11.9. The Labute approximate surface area is 208 Å². The summed E-state index contributed by atoms with van der Waals surface area (Å²) in [5, 5.41) is 9.72. The molecule has 3 N–H and O–H groups in total. The van der Waals surface area contributed by atoms with Gasteiger partial charge in [-0.05, 0) is 62.1 Å². The van der Waals surface area contributed by atoms with Crippen LogP contribution in [0.3, 0.4) is 0 Å². The van der Waals surface area contributed by atoms with Crippen LogP contribution in [0.15, 0.2) is 60.7 Å². The summed E-state index contributed by atoms with van der Waals surface area (Å²) in [6, 6.07) is 21.6. The summed E-state index contributed by atoms with van der Waals surface area (Å²) < 4.78 is 6.40. The third-order valence-corrected chi connectivity index (χ3v) is 8.27. The predicted molar refractivity (Wildman–Crippen MR) is 135 cm³/mol. The Bertz CT molecular complexity index is 913. The summed E-state index contributed by atoms with van der Waals surface area (Å²) in [5.74, 6) is -0.196. The normalized spacial score (nSPS) is 29.0. The zero-order valence-corrected chi connectivity index (χ0v) is 20.6. The smallest absolute Gasteiger partial charge is 0.349 e. The van der Waals surface area contributed by atoms with Crippen molar-refractivity contribution in [3.63, 3.8) is 0 Å². The van der Waals surface area contributed by atoms with Gasteiger partial charge in [-0.15, -0.1) is 12.4 Å². The van der Waals surface area contributed by atoms with E-state index < -0.39 is 23.3 Å². The number of fused-ring (bicyclic) bond motifs is 3. The van der Waals surface area contributed by atoms with Crippen molar-refractivity contribution in [3.8, 4) is 0 Å². The number of nitrogens with one attached hydrogen (secondary N) is 2. The number of carboxylic acids is 1. The minimum atomic E-state index is -1.09. The molecule has 0 spiro atoms. The van der Waals surface area contributed by atoms with Crippen molar-refractivity contribution in [2.24, 2.45) is 5.92 Å². The van der Waals surface area contributed by atoms with Gasteiger partial charge in [-0.1, -0.05) is 67.6 Å². The van der Waals surface area contributed by atoms with Gasteiger partial charge in [0.25, 0.3) is 0 Å². The lowest BCUT2D eigenvalue weighted by Gasteiger charge is -2.51. The van der Waals surface area contributed by atoms with E-state index in [-0.39, 0.29) is 12.4 Å². The number of hydrazine groups is 1. The van der Waals surface area contributed by atoms with Crippen molar-refractivity contribution in [1.82, 2.24) is 15.8 Å². The highest BCUT2D eigenvalue weighted by Crippen LogP contribution is 2.49. The van der Waals surface area contributed by atoms with Crippen LogP contribution in [0.2, 0.25) is 0 Å². The number of carboxylic acid groups (broad SMARTS) is 1. The van der Waals surface area contributed by atoms with E-state index in [9.17, 15) is 9.90 Å². The van der Waals surface area contributed by atoms with Crippen molar-refractivity contribution in [1.29, 1.82) is 0 Å². The first kappa shape index (κ1) is 25.1. The maximum Gasteiger partial charge on any atom is 0.349 e. The van der Waals surface area contributed by atoms with E-state index >= 15 is 0 Å². The van der Waals surface area contributed by atoms with Crippen molar-refractivity contribution >= 4 is 18.4 Å². The topological polar surface area (TPSA) is 73.8 Å². The van der Waals surface area contributed by atoms with E-state index in [0.29, 0.717) is 12.5 Å². The fraction of sp³-hybridized carbons (Fsp3) is 0.519. The largest absolute Gasteiger partial charge is 0.478 e. The summed E-state index contributed by atoms with van der Waals surface area (Å²) >= 11 is 0. The minimum Gasteiger partial charge on any atom is -0.478 e. The molecule has 2 unspecified atom stereocenters. The SMILES string of the molecule is CCC1(C(CCN2CC3CCC2CC3)(c2ccccc2)c2ccccc2)NNC(C(=O)O)O1.Cl. The van der Waals surface area contributed by atoms with Crippen molar-refractivity contribution < 1.29 is 14.6 Å². The molecule has 3 aliphatic heterocycles. The third kappa shape index (κ3) is 4.27. The molecule has 2 bridgehead atoms. The molecule has 34 heavy (non-hydrogen) atoms. The van der Waals surface area contributed by atoms with Crippen LogP contribution in [0.4, 0.5) is 0 Å². The fourth-order valence-electron chi connectivity index (χ4n) is 6.56. The summed E-state index contributed by atoms with van der Waals surface area (Å²) in [7, 11) is 0. The van der Waals surface area contributed by atoms with Crippen LogP contribution < -0.4 is 10.9 Å². The first-order valence-corrected chi connectivity index (χ1v) is 12.4. The van der Waals surface area contributed by atoms with Gasteiger partial charge in [-0.2, -0.15) is 0 Å². The summed E-state index contributed by atoms with van der Waals surface area (Å²) in [6.45, 7) is 4.20. The second-order valence-electron chi connectivity index (χ2n) is 9.84. The number of carbonyl (C=O) groups is 1. The lowest BCUT2D eigenvalue weighted by Crippen LogP contribution is -2.62. The Hall–Kier alpha value is -1.96. The average molecular weight is 486 g/mol. The number of benzene rings is 2. The highest BCUT2D eigenvalue weighted by atomic mass is 35.5. The molecule has 1 aliphatic carbocycles. The molecular formula is C27H36ClN3O3. The number of aliphatic carboxylic acids is 1. The zero-order chi connectivity index (χ0) is 22.9. The van der Waals surface area contributed by atoms with E-state index in [1.54, 1.807) is 0 Å². The molecular weight excluding hydrogens is 450 g/mol. The van der Waals surface area contributed by atoms with Gasteiger partial charge < -0.3 is 14.7 Å². The molecule has 4 fully saturated rings. The molecule has 3 heterocycles. The molecule has 6 nitrogen and oxygen atoms in total. The molecule has 3 saturated heterocycles. The number of rotatable bonds is 8. The quantitative estimate of drug-likeness (QED) is 0.517. The summed E-state index contributed by atoms with van der Waals surface area (Å²) in [5.41, 5.74) is 7.06. The summed E-state index contributed by atoms with van der Waals surface area (Å²) in [6.07, 6.45) is 5.66. The van der Waals surface area contributed by atoms with Crippen LogP contribution in [0.1, 0.15) is 56.6 Å². The lowest BCUT2D eigenvalue weighted by molar-refractivity contribution is -0.162. The van der Waals surface area contributed by atoms with E-state index in [2.05, 4.69) is 71.2 Å². The number of hydrogen-bond acceptors (Lipinski definition) is 5. The number of hydrogen-bond donors (Lipinski definition) is 3. The van der Waals surface area contributed by atoms with Crippen molar-refractivity contribution in [2.75, 3.05) is 13.1 Å². The molecule has 7 heteroatoms. The number of piperidine rings is 2. The van der Waals surface area contributed by atoms with E-state index in [1.165, 1.54) is 32.2 Å². The van der Waals surface area contributed by atoms with Crippen molar-refractivity contribution in [2.45, 2.75) is 68.9 Å². The Morgan fingerprint density at radius 1 is 1.06 bits per heavy atom. The number of nitrogens with zero attached hydrogens (tertiary/aromatic N) is 1. The van der Waals surface area contributed by atoms with Crippen LogP contribution in [-0.2, 0) is 14.9 Å². The molecule has 0 aromatic heterocycles. The number of ether oxygens (including phenoxy) is 1. The molecule has 0 radical (unpaired) electrons. The van der Waals surface area contributed by atoms with Crippen LogP contribution in [-0.4, -0.2) is 47.1 Å². The van der Waals surface area contributed by atoms with Crippen molar-refractivity contribution in [3.05, 3.63) is 71.8 Å². The predicted octanol–water partition coefficient (Wildman–Crippen LogP) is 4.30. The van der Waals surface area contributed by atoms with Gasteiger partial charge in [0.05, 0.1) is 5.41 Å². The maximum atomic E-state index is 11.9. The van der Waals surface area contributed by atoms with Crippen LogP contribution in [0.5, 0.6) is 0 Å². The fourth-order valence-corrected chi connectivity index (χ4v) is 6.56. The molecule has 184 valence electrons. The second kappa shape index (κ2) is 10.3. The van der Waals surface area contributed by atoms with Gasteiger partial charge in [-0.25, -0.2) is 15.6 Å². The molecule has 1 saturated carbocycles. The van der Waals surface area contributed by atoms with E-state index in [0.717, 1.165) is 30.0 Å². The van der Waals surface area contributed by atoms with Gasteiger partial charge in [0.2, 0.25) is 6.23 Å². The van der Waals surface area contributed by atoms with E-state index in [1.807, 2.05) is 12.1 Å². The van der Waals surface area contributed by atoms with Crippen LogP contribution >= 0.6 is 12.4 Å². The first-order chi connectivity index (χ1) is 16.1. The van der Waals surface area contributed by atoms with Gasteiger partial charge in [-0.3, -0.25) is 0 Å². The third-order valence-electron chi connectivity index (χ3n) is 8.27. The number of halogens is 1. The van der Waals surface area contributed by atoms with E-state index in [4.69, 9.17) is 4.74 Å². The molecule has 2 aromatic carbocycles. The molecule has 6 rings (SSSR count). The second-order valence-corrected chi connectivity index (χ2v) is 9.84. The highest BCUT2D eigenvalue weighted by molar-refractivity contribution is 5.85. The minimum absolute atomic E-state index is 0. The Balaban J connectivity index is 0.00000274. The van der Waals surface area contributed by atoms with Crippen LogP contribution in [0, 0.1) is 5.92 Å².